The van der Waals surface area contributed by atoms with Gasteiger partial charge in [-0.25, -0.2) is 4.79 Å². The highest BCUT2D eigenvalue weighted by molar-refractivity contribution is 6.17. The SMILES string of the molecule is CCCCCCl.O=Cc1ccccc1CC(C(=O)O)N(C=O)c1ccccc1. The van der Waals surface area contributed by atoms with Crippen LogP contribution < -0.4 is 4.90 Å². The summed E-state index contributed by atoms with van der Waals surface area (Å²) in [7, 11) is 0. The molecule has 1 N–H and O–H groups in total. The molecule has 1 amide bonds. The number of aldehydes is 1. The van der Waals surface area contributed by atoms with E-state index in [-0.39, 0.29) is 6.42 Å². The van der Waals surface area contributed by atoms with Crippen molar-refractivity contribution < 1.29 is 19.5 Å². The Morgan fingerprint density at radius 3 is 2.21 bits per heavy atom. The van der Waals surface area contributed by atoms with Crippen LogP contribution in [0.25, 0.3) is 0 Å². The van der Waals surface area contributed by atoms with Crippen LogP contribution >= 0.6 is 11.6 Å². The summed E-state index contributed by atoms with van der Waals surface area (Å²) in [5.74, 6) is -0.301. The van der Waals surface area contributed by atoms with Gasteiger partial charge in [0.05, 0.1) is 0 Å². The Hall–Kier alpha value is -2.66. The van der Waals surface area contributed by atoms with E-state index in [1.807, 2.05) is 0 Å². The largest absolute Gasteiger partial charge is 0.480 e. The summed E-state index contributed by atoms with van der Waals surface area (Å²) in [6, 6.07) is 14.2. The number of alkyl halides is 1. The number of aliphatic carboxylic acids is 1. The van der Waals surface area contributed by atoms with Gasteiger partial charge in [-0.1, -0.05) is 62.2 Å². The van der Waals surface area contributed by atoms with E-state index in [0.29, 0.717) is 29.5 Å². The molecule has 5 nitrogen and oxygen atoms in total. The molecule has 6 heteroatoms. The molecule has 0 aliphatic rings. The monoisotopic (exact) mass is 403 g/mol. The van der Waals surface area contributed by atoms with E-state index in [4.69, 9.17) is 11.6 Å². The van der Waals surface area contributed by atoms with Gasteiger partial charge in [-0.15, -0.1) is 11.6 Å². The highest BCUT2D eigenvalue weighted by Crippen LogP contribution is 2.19. The minimum absolute atomic E-state index is 0.0535. The summed E-state index contributed by atoms with van der Waals surface area (Å²) < 4.78 is 0. The first-order valence-corrected chi connectivity index (χ1v) is 9.73. The summed E-state index contributed by atoms with van der Waals surface area (Å²) in [4.78, 5) is 35.2. The van der Waals surface area contributed by atoms with Gasteiger partial charge in [-0.2, -0.15) is 0 Å². The molecular formula is C22H26ClNO4. The van der Waals surface area contributed by atoms with Crippen LogP contribution in [0.5, 0.6) is 0 Å². The number of unbranched alkanes of at least 4 members (excludes halogenated alkanes) is 2. The number of anilines is 1. The molecule has 0 aliphatic carbocycles. The van der Waals surface area contributed by atoms with Gasteiger partial charge in [-0.3, -0.25) is 9.59 Å². The number of carboxylic acid groups (broad SMARTS) is 1. The Kier molecular flexibility index (Phi) is 11.3. The van der Waals surface area contributed by atoms with Crippen LogP contribution in [0.3, 0.4) is 0 Å². The van der Waals surface area contributed by atoms with Crippen molar-refractivity contribution in [2.75, 3.05) is 10.8 Å². The topological polar surface area (TPSA) is 74.7 Å². The zero-order valence-corrected chi connectivity index (χ0v) is 16.7. The molecule has 0 bridgehead atoms. The third kappa shape index (κ3) is 7.53. The number of para-hydroxylation sites is 1. The molecule has 2 aromatic rings. The van der Waals surface area contributed by atoms with Crippen molar-refractivity contribution in [3.05, 3.63) is 65.7 Å². The van der Waals surface area contributed by atoms with Crippen LogP contribution in [0, 0.1) is 0 Å². The molecule has 0 spiro atoms. The van der Waals surface area contributed by atoms with Gasteiger partial charge in [0.15, 0.2) is 0 Å². The number of carbonyl (C=O) groups excluding carboxylic acids is 2. The number of hydrogen-bond donors (Lipinski definition) is 1. The second-order valence-electron chi connectivity index (χ2n) is 6.12. The second-order valence-corrected chi connectivity index (χ2v) is 6.50. The summed E-state index contributed by atoms with van der Waals surface area (Å²) in [6.07, 6.45) is 4.96. The number of hydrogen-bond acceptors (Lipinski definition) is 3. The Morgan fingerprint density at radius 1 is 1.07 bits per heavy atom. The van der Waals surface area contributed by atoms with Gasteiger partial charge < -0.3 is 10.0 Å². The quantitative estimate of drug-likeness (QED) is 0.358. The fourth-order valence-electron chi connectivity index (χ4n) is 2.61. The van der Waals surface area contributed by atoms with Gasteiger partial charge in [0, 0.05) is 23.6 Å². The highest BCUT2D eigenvalue weighted by atomic mass is 35.5. The zero-order valence-electron chi connectivity index (χ0n) is 16.0. The molecule has 2 aromatic carbocycles. The van der Waals surface area contributed by atoms with Crippen LogP contribution in [-0.4, -0.2) is 35.7 Å². The van der Waals surface area contributed by atoms with Crippen molar-refractivity contribution >= 4 is 36.0 Å². The third-order valence-electron chi connectivity index (χ3n) is 4.12. The molecule has 2 rings (SSSR count). The van der Waals surface area contributed by atoms with Crippen LogP contribution in [0.15, 0.2) is 54.6 Å². The molecule has 150 valence electrons. The molecule has 28 heavy (non-hydrogen) atoms. The minimum Gasteiger partial charge on any atom is -0.480 e. The van der Waals surface area contributed by atoms with Crippen molar-refractivity contribution in [1.29, 1.82) is 0 Å². The normalized spacial score (nSPS) is 10.9. The molecule has 1 unspecified atom stereocenters. The minimum atomic E-state index is -1.13. The van der Waals surface area contributed by atoms with Gasteiger partial charge in [0.1, 0.15) is 12.3 Å². The van der Waals surface area contributed by atoms with E-state index < -0.39 is 12.0 Å². The maximum absolute atomic E-state index is 11.6. The highest BCUT2D eigenvalue weighted by Gasteiger charge is 2.26. The summed E-state index contributed by atoms with van der Waals surface area (Å²) in [6.45, 7) is 2.17. The fourth-order valence-corrected chi connectivity index (χ4v) is 2.80. The number of rotatable bonds is 10. The first kappa shape index (κ1) is 23.4. The lowest BCUT2D eigenvalue weighted by Gasteiger charge is -2.25. The van der Waals surface area contributed by atoms with Gasteiger partial charge in [0.25, 0.3) is 0 Å². The molecule has 0 radical (unpaired) electrons. The van der Waals surface area contributed by atoms with Gasteiger partial charge in [-0.05, 0) is 24.1 Å². The van der Waals surface area contributed by atoms with E-state index in [2.05, 4.69) is 6.92 Å². The second kappa shape index (κ2) is 13.5. The average Bonchev–Trinajstić information content (AvgIpc) is 2.73. The summed E-state index contributed by atoms with van der Waals surface area (Å²) in [5.41, 5.74) is 1.51. The summed E-state index contributed by atoms with van der Waals surface area (Å²) in [5, 5.41) is 9.47. The van der Waals surface area contributed by atoms with E-state index in [0.717, 1.165) is 10.8 Å². The summed E-state index contributed by atoms with van der Waals surface area (Å²) >= 11 is 5.38. The molecule has 0 aliphatic heterocycles. The lowest BCUT2D eigenvalue weighted by Crippen LogP contribution is -2.42. The Balaban J connectivity index is 0.000000568. The smallest absolute Gasteiger partial charge is 0.327 e. The van der Waals surface area contributed by atoms with Crippen molar-refractivity contribution in [2.24, 2.45) is 0 Å². The predicted octanol–water partition coefficient (Wildman–Crippen LogP) is 4.57. The Labute approximate surface area is 170 Å². The van der Waals surface area contributed by atoms with Crippen molar-refractivity contribution in [3.63, 3.8) is 0 Å². The number of halogens is 1. The van der Waals surface area contributed by atoms with Crippen molar-refractivity contribution in [1.82, 2.24) is 0 Å². The molecule has 0 aromatic heterocycles. The fraction of sp³-hybridized carbons (Fsp3) is 0.318. The van der Waals surface area contributed by atoms with Gasteiger partial charge in [0.2, 0.25) is 6.41 Å². The van der Waals surface area contributed by atoms with Crippen LogP contribution in [-0.2, 0) is 16.0 Å². The van der Waals surface area contributed by atoms with E-state index in [1.54, 1.807) is 54.6 Å². The number of benzene rings is 2. The Morgan fingerprint density at radius 2 is 1.71 bits per heavy atom. The molecule has 0 fully saturated rings. The molecule has 0 saturated heterocycles. The number of nitrogens with zero attached hydrogens (tertiary/aromatic N) is 1. The number of carboxylic acids is 1. The molecule has 1 atom stereocenters. The van der Waals surface area contributed by atoms with E-state index in [1.165, 1.54) is 19.3 Å². The molecule has 0 heterocycles. The lowest BCUT2D eigenvalue weighted by atomic mass is 10.00. The Bertz CT molecular complexity index is 732. The zero-order chi connectivity index (χ0) is 20.8. The average molecular weight is 404 g/mol. The van der Waals surface area contributed by atoms with Crippen LogP contribution in [0.4, 0.5) is 5.69 Å². The first-order valence-electron chi connectivity index (χ1n) is 9.19. The van der Waals surface area contributed by atoms with Crippen LogP contribution in [0.1, 0.15) is 42.1 Å². The lowest BCUT2D eigenvalue weighted by molar-refractivity contribution is -0.139. The third-order valence-corrected chi connectivity index (χ3v) is 4.39. The number of amides is 1. The van der Waals surface area contributed by atoms with Crippen LogP contribution in [0.2, 0.25) is 0 Å². The van der Waals surface area contributed by atoms with Gasteiger partial charge >= 0.3 is 5.97 Å². The van der Waals surface area contributed by atoms with E-state index >= 15 is 0 Å². The standard InChI is InChI=1S/C17H15NO4.C5H11Cl/c19-11-14-7-5-4-6-13(14)10-16(17(21)22)18(12-20)15-8-2-1-3-9-15;1-2-3-4-5-6/h1-9,11-12,16H,10H2,(H,21,22);2-5H2,1H3. The number of carbonyl (C=O) groups is 3. The maximum atomic E-state index is 11.6. The van der Waals surface area contributed by atoms with Crippen molar-refractivity contribution in [2.45, 2.75) is 38.6 Å². The maximum Gasteiger partial charge on any atom is 0.327 e. The first-order chi connectivity index (χ1) is 13.6. The molecular weight excluding hydrogens is 378 g/mol. The van der Waals surface area contributed by atoms with Crippen molar-refractivity contribution in [3.8, 4) is 0 Å². The van der Waals surface area contributed by atoms with E-state index in [9.17, 15) is 19.5 Å². The molecule has 0 saturated carbocycles. The predicted molar refractivity (Wildman–Crippen MR) is 112 cm³/mol.